The third-order valence-corrected chi connectivity index (χ3v) is 4.45. The van der Waals surface area contributed by atoms with Gasteiger partial charge in [-0.2, -0.15) is 14.9 Å². The molecule has 2 heterocycles. The first kappa shape index (κ1) is 15.0. The molecule has 1 N–H and O–H groups in total. The number of aromatic amines is 1. The summed E-state index contributed by atoms with van der Waals surface area (Å²) in [6.45, 7) is 2.20. The van der Waals surface area contributed by atoms with Gasteiger partial charge in [0.05, 0.1) is 11.8 Å². The van der Waals surface area contributed by atoms with Crippen LogP contribution >= 0.6 is 12.2 Å². The zero-order valence-electron chi connectivity index (χ0n) is 12.9. The molecule has 0 radical (unpaired) electrons. The molecule has 0 aliphatic heterocycles. The van der Waals surface area contributed by atoms with Crippen molar-refractivity contribution in [1.29, 1.82) is 0 Å². The molecule has 7 heteroatoms. The van der Waals surface area contributed by atoms with Crippen LogP contribution < -0.4 is 0 Å². The number of aromatic nitrogens is 3. The molecule has 122 valence electrons. The fourth-order valence-electron chi connectivity index (χ4n) is 2.69. The van der Waals surface area contributed by atoms with E-state index in [1.165, 1.54) is 10.7 Å². The van der Waals surface area contributed by atoms with E-state index < -0.39 is 0 Å². The Balaban J connectivity index is 1.65. The standard InChI is InChI=1S/C17H15FN4OS/c1-10-8-13(10)15-7-6-11(23-15)9-19-22-16(20-21-17(22)24)12-4-2-3-5-14(12)18/h2-7,9-10,13H,8H2,1H3,(H,21,24)/b19-9-/t10-,13+/m1/s1. The quantitative estimate of drug-likeness (QED) is 0.566. The van der Waals surface area contributed by atoms with Crippen LogP contribution in [0.3, 0.4) is 0 Å². The van der Waals surface area contributed by atoms with Crippen molar-refractivity contribution < 1.29 is 8.81 Å². The zero-order valence-corrected chi connectivity index (χ0v) is 13.8. The molecule has 4 rings (SSSR count). The van der Waals surface area contributed by atoms with Crippen LogP contribution in [-0.2, 0) is 0 Å². The van der Waals surface area contributed by atoms with Crippen LogP contribution in [0.25, 0.3) is 11.4 Å². The summed E-state index contributed by atoms with van der Waals surface area (Å²) in [5.41, 5.74) is 0.328. The van der Waals surface area contributed by atoms with Crippen LogP contribution in [0.15, 0.2) is 45.9 Å². The molecule has 2 atom stereocenters. The number of furan rings is 1. The van der Waals surface area contributed by atoms with E-state index in [1.807, 2.05) is 12.1 Å². The summed E-state index contributed by atoms with van der Waals surface area (Å²) < 4.78 is 21.4. The first-order valence-corrected chi connectivity index (χ1v) is 8.10. The second-order valence-electron chi connectivity index (χ2n) is 5.95. The molecule has 3 aromatic rings. The largest absolute Gasteiger partial charge is 0.460 e. The molecule has 1 aliphatic rings. The van der Waals surface area contributed by atoms with Gasteiger partial charge in [0.25, 0.3) is 0 Å². The molecule has 1 saturated carbocycles. The number of nitrogens with zero attached hydrogens (tertiary/aromatic N) is 3. The van der Waals surface area contributed by atoms with Gasteiger partial charge < -0.3 is 4.42 Å². The highest BCUT2D eigenvalue weighted by atomic mass is 32.1. The molecule has 5 nitrogen and oxygen atoms in total. The van der Waals surface area contributed by atoms with Crippen molar-refractivity contribution in [2.75, 3.05) is 0 Å². The summed E-state index contributed by atoms with van der Waals surface area (Å²) in [5.74, 6) is 2.73. The average molecular weight is 342 g/mol. The lowest BCUT2D eigenvalue weighted by molar-refractivity contribution is 0.500. The second-order valence-corrected chi connectivity index (χ2v) is 6.33. The van der Waals surface area contributed by atoms with Crippen molar-refractivity contribution in [1.82, 2.24) is 14.9 Å². The van der Waals surface area contributed by atoms with Gasteiger partial charge in [-0.3, -0.25) is 0 Å². The van der Waals surface area contributed by atoms with Crippen molar-refractivity contribution in [2.24, 2.45) is 11.0 Å². The zero-order chi connectivity index (χ0) is 16.7. The minimum Gasteiger partial charge on any atom is -0.460 e. The highest BCUT2D eigenvalue weighted by Crippen LogP contribution is 2.47. The molecule has 24 heavy (non-hydrogen) atoms. The van der Waals surface area contributed by atoms with Gasteiger partial charge in [-0.15, -0.1) is 0 Å². The summed E-state index contributed by atoms with van der Waals surface area (Å²) in [6, 6.07) is 10.2. The van der Waals surface area contributed by atoms with Crippen LogP contribution in [-0.4, -0.2) is 21.1 Å². The fraction of sp³-hybridized carbons (Fsp3) is 0.235. The molecular weight excluding hydrogens is 327 g/mol. The highest BCUT2D eigenvalue weighted by molar-refractivity contribution is 7.71. The van der Waals surface area contributed by atoms with Crippen molar-refractivity contribution in [2.45, 2.75) is 19.3 Å². The highest BCUT2D eigenvalue weighted by Gasteiger charge is 2.36. The number of hydrogen-bond donors (Lipinski definition) is 1. The Hall–Kier alpha value is -2.54. The van der Waals surface area contributed by atoms with Crippen molar-refractivity contribution in [3.8, 4) is 11.4 Å². The van der Waals surface area contributed by atoms with E-state index in [0.717, 1.165) is 12.2 Å². The lowest BCUT2D eigenvalue weighted by Gasteiger charge is -2.01. The first-order chi connectivity index (χ1) is 11.6. The second kappa shape index (κ2) is 5.83. The molecule has 0 bridgehead atoms. The topological polar surface area (TPSA) is 59.1 Å². The monoisotopic (exact) mass is 342 g/mol. The number of rotatable bonds is 4. The summed E-state index contributed by atoms with van der Waals surface area (Å²) in [4.78, 5) is 0. The van der Waals surface area contributed by atoms with Crippen molar-refractivity contribution in [3.05, 3.63) is 58.5 Å². The summed E-state index contributed by atoms with van der Waals surface area (Å²) in [6.07, 6.45) is 2.72. The van der Waals surface area contributed by atoms with Gasteiger partial charge in [0.1, 0.15) is 17.3 Å². The lowest BCUT2D eigenvalue weighted by Crippen LogP contribution is -1.96. The van der Waals surface area contributed by atoms with E-state index in [2.05, 4.69) is 22.2 Å². The third kappa shape index (κ3) is 2.71. The summed E-state index contributed by atoms with van der Waals surface area (Å²) in [5, 5.41) is 11.0. The Kier molecular flexibility index (Phi) is 3.65. The number of halogens is 1. The molecular formula is C17H15FN4OS. The van der Waals surface area contributed by atoms with Crippen molar-refractivity contribution >= 4 is 18.4 Å². The Morgan fingerprint density at radius 3 is 2.92 bits per heavy atom. The Morgan fingerprint density at radius 1 is 1.38 bits per heavy atom. The minimum atomic E-state index is -0.383. The smallest absolute Gasteiger partial charge is 0.216 e. The number of benzene rings is 1. The predicted octanol–water partition coefficient (Wildman–Crippen LogP) is 4.35. The van der Waals surface area contributed by atoms with E-state index in [9.17, 15) is 4.39 Å². The Morgan fingerprint density at radius 2 is 2.17 bits per heavy atom. The number of nitrogens with one attached hydrogen (secondary N) is 1. The molecule has 0 amide bonds. The molecule has 2 aromatic heterocycles. The van der Waals surface area contributed by atoms with E-state index in [-0.39, 0.29) is 10.6 Å². The molecule has 1 fully saturated rings. The molecule has 1 aromatic carbocycles. The van der Waals surface area contributed by atoms with Gasteiger partial charge in [0, 0.05) is 5.92 Å². The first-order valence-electron chi connectivity index (χ1n) is 7.70. The fourth-order valence-corrected chi connectivity index (χ4v) is 2.87. The maximum absolute atomic E-state index is 14.0. The van der Waals surface area contributed by atoms with Gasteiger partial charge in [0.15, 0.2) is 5.82 Å². The Bertz CT molecular complexity index is 971. The summed E-state index contributed by atoms with van der Waals surface area (Å²) >= 11 is 5.18. The predicted molar refractivity (Wildman–Crippen MR) is 91.0 cm³/mol. The minimum absolute atomic E-state index is 0.284. The SMILES string of the molecule is C[C@@H]1C[C@@H]1c1ccc(/C=N\n2c(-c3ccccc3F)n[nH]c2=S)o1. The maximum atomic E-state index is 14.0. The molecule has 0 saturated heterocycles. The van der Waals surface area contributed by atoms with Crippen LogP contribution in [0.5, 0.6) is 0 Å². The molecule has 1 aliphatic carbocycles. The van der Waals surface area contributed by atoms with Crippen LogP contribution in [0, 0.1) is 16.5 Å². The van der Waals surface area contributed by atoms with Crippen LogP contribution in [0.2, 0.25) is 0 Å². The number of H-pyrrole nitrogens is 1. The molecule has 0 spiro atoms. The Labute approximate surface area is 142 Å². The van der Waals surface area contributed by atoms with Gasteiger partial charge in [-0.05, 0) is 48.8 Å². The van der Waals surface area contributed by atoms with Gasteiger partial charge >= 0.3 is 0 Å². The van der Waals surface area contributed by atoms with Gasteiger partial charge in [0.2, 0.25) is 4.77 Å². The maximum Gasteiger partial charge on any atom is 0.216 e. The molecule has 0 unspecified atom stereocenters. The van der Waals surface area contributed by atoms with E-state index in [0.29, 0.717) is 29.0 Å². The van der Waals surface area contributed by atoms with Crippen molar-refractivity contribution in [3.63, 3.8) is 0 Å². The van der Waals surface area contributed by atoms with E-state index >= 15 is 0 Å². The third-order valence-electron chi connectivity index (χ3n) is 4.19. The van der Waals surface area contributed by atoms with Crippen LogP contribution in [0.4, 0.5) is 4.39 Å². The average Bonchev–Trinajstić information content (AvgIpc) is 2.97. The normalized spacial score (nSPS) is 19.9. The van der Waals surface area contributed by atoms with Crippen LogP contribution in [0.1, 0.15) is 30.8 Å². The van der Waals surface area contributed by atoms with E-state index in [4.69, 9.17) is 16.6 Å². The lowest BCUT2D eigenvalue weighted by atomic mass is 10.2. The van der Waals surface area contributed by atoms with E-state index in [1.54, 1.807) is 24.4 Å². The summed E-state index contributed by atoms with van der Waals surface area (Å²) in [7, 11) is 0. The van der Waals surface area contributed by atoms with Gasteiger partial charge in [-0.1, -0.05) is 19.1 Å². The number of hydrogen-bond acceptors (Lipinski definition) is 4. The van der Waals surface area contributed by atoms with Gasteiger partial charge in [-0.25, -0.2) is 9.49 Å².